The van der Waals surface area contributed by atoms with Crippen LogP contribution in [-0.2, 0) is 6.54 Å². The summed E-state index contributed by atoms with van der Waals surface area (Å²) in [5, 5.41) is 1.19. The van der Waals surface area contributed by atoms with Crippen LogP contribution < -0.4 is 5.73 Å². The molecule has 2 N–H and O–H groups in total. The normalized spacial score (nSPS) is 13.5. The van der Waals surface area contributed by atoms with Crippen molar-refractivity contribution in [3.8, 4) is 11.1 Å². The van der Waals surface area contributed by atoms with Crippen LogP contribution in [0.2, 0.25) is 5.15 Å². The summed E-state index contributed by atoms with van der Waals surface area (Å²) in [6.07, 6.45) is 2.63. The van der Waals surface area contributed by atoms with Crippen LogP contribution in [0.1, 0.15) is 35.0 Å². The average molecular weight is 367 g/mol. The van der Waals surface area contributed by atoms with E-state index < -0.39 is 0 Å². The maximum atomic E-state index is 12.7. The second-order valence-electron chi connectivity index (χ2n) is 6.63. The molecule has 0 saturated carbocycles. The highest BCUT2D eigenvalue weighted by molar-refractivity contribution is 6.32. The maximum absolute atomic E-state index is 12.7. The number of nitrogens with zero attached hydrogens (tertiary/aromatic N) is 3. The highest BCUT2D eigenvalue weighted by Gasteiger charge is 2.31. The number of para-hydroxylation sites is 1. The van der Waals surface area contributed by atoms with Crippen molar-refractivity contribution in [3.63, 3.8) is 0 Å². The SMILES string of the molecule is CCCN1Cc2nc3c(-c4cc(C)cnc4Cl)cccc3c(N)c2C1=O. The van der Waals surface area contributed by atoms with Gasteiger partial charge < -0.3 is 10.6 Å². The van der Waals surface area contributed by atoms with Crippen molar-refractivity contribution < 1.29 is 4.79 Å². The molecule has 0 atom stereocenters. The Labute approximate surface area is 156 Å². The third kappa shape index (κ3) is 2.51. The Hall–Kier alpha value is -2.66. The molecule has 1 aromatic carbocycles. The number of aromatic nitrogens is 2. The third-order valence-corrected chi connectivity index (χ3v) is 5.03. The fourth-order valence-corrected chi connectivity index (χ4v) is 3.74. The minimum absolute atomic E-state index is 0.0330. The van der Waals surface area contributed by atoms with E-state index in [9.17, 15) is 4.79 Å². The van der Waals surface area contributed by atoms with Crippen molar-refractivity contribution in [2.75, 3.05) is 12.3 Å². The second kappa shape index (κ2) is 6.25. The van der Waals surface area contributed by atoms with E-state index in [0.717, 1.165) is 39.7 Å². The summed E-state index contributed by atoms with van der Waals surface area (Å²) >= 11 is 6.34. The van der Waals surface area contributed by atoms with Crippen molar-refractivity contribution in [1.82, 2.24) is 14.9 Å². The van der Waals surface area contributed by atoms with Crippen molar-refractivity contribution in [2.24, 2.45) is 0 Å². The summed E-state index contributed by atoms with van der Waals surface area (Å²) in [4.78, 5) is 23.5. The van der Waals surface area contributed by atoms with Gasteiger partial charge in [-0.25, -0.2) is 9.97 Å². The highest BCUT2D eigenvalue weighted by Crippen LogP contribution is 2.38. The first-order valence-electron chi connectivity index (χ1n) is 8.64. The van der Waals surface area contributed by atoms with Crippen molar-refractivity contribution in [2.45, 2.75) is 26.8 Å². The predicted octanol–water partition coefficient (Wildman–Crippen LogP) is 4.21. The van der Waals surface area contributed by atoms with Gasteiger partial charge in [-0.05, 0) is 25.0 Å². The standard InChI is InChI=1S/C20H19ClN4O/c1-3-7-25-10-15-16(20(25)26)17(22)13-6-4-5-12(18(13)24-15)14-8-11(2)9-23-19(14)21/h4-6,8-9H,3,7,10H2,1-2H3,(H2,22,24). The van der Waals surface area contributed by atoms with E-state index in [1.165, 1.54) is 0 Å². The number of rotatable bonds is 3. The molecular weight excluding hydrogens is 348 g/mol. The molecule has 3 aromatic rings. The predicted molar refractivity (Wildman–Crippen MR) is 104 cm³/mol. The highest BCUT2D eigenvalue weighted by atomic mass is 35.5. The van der Waals surface area contributed by atoms with E-state index in [-0.39, 0.29) is 5.91 Å². The largest absolute Gasteiger partial charge is 0.397 e. The summed E-state index contributed by atoms with van der Waals surface area (Å²) in [6.45, 7) is 5.22. The molecule has 0 fully saturated rings. The molecule has 3 heterocycles. The van der Waals surface area contributed by atoms with Crippen LogP contribution in [0.4, 0.5) is 5.69 Å². The van der Waals surface area contributed by atoms with E-state index >= 15 is 0 Å². The van der Waals surface area contributed by atoms with E-state index in [0.29, 0.717) is 29.5 Å². The quantitative estimate of drug-likeness (QED) is 0.705. The summed E-state index contributed by atoms with van der Waals surface area (Å²) in [5.41, 5.74) is 11.6. The molecule has 0 unspecified atom stereocenters. The van der Waals surface area contributed by atoms with Gasteiger partial charge in [-0.15, -0.1) is 0 Å². The number of amides is 1. The molecule has 0 bridgehead atoms. The summed E-state index contributed by atoms with van der Waals surface area (Å²) < 4.78 is 0. The third-order valence-electron chi connectivity index (χ3n) is 4.73. The lowest BCUT2D eigenvalue weighted by atomic mass is 9.99. The van der Waals surface area contributed by atoms with E-state index in [1.54, 1.807) is 11.1 Å². The second-order valence-corrected chi connectivity index (χ2v) is 6.98. The van der Waals surface area contributed by atoms with Crippen LogP contribution in [0, 0.1) is 6.92 Å². The van der Waals surface area contributed by atoms with Gasteiger partial charge in [-0.2, -0.15) is 0 Å². The molecule has 26 heavy (non-hydrogen) atoms. The molecule has 1 aliphatic rings. The van der Waals surface area contributed by atoms with Gasteiger partial charge in [0, 0.05) is 29.3 Å². The van der Waals surface area contributed by atoms with Gasteiger partial charge in [0.2, 0.25) is 0 Å². The minimum Gasteiger partial charge on any atom is -0.397 e. The fourth-order valence-electron chi connectivity index (χ4n) is 3.54. The molecular formula is C20H19ClN4O. The number of hydrogen-bond acceptors (Lipinski definition) is 4. The molecule has 1 aliphatic heterocycles. The Bertz CT molecular complexity index is 1050. The van der Waals surface area contributed by atoms with Gasteiger partial charge in [0.05, 0.1) is 29.0 Å². The summed E-state index contributed by atoms with van der Waals surface area (Å²) in [6, 6.07) is 7.76. The zero-order chi connectivity index (χ0) is 18.4. The topological polar surface area (TPSA) is 72.1 Å². The lowest BCUT2D eigenvalue weighted by Gasteiger charge is -2.13. The molecule has 6 heteroatoms. The van der Waals surface area contributed by atoms with Crippen molar-refractivity contribution in [3.05, 3.63) is 52.4 Å². The van der Waals surface area contributed by atoms with E-state index in [1.807, 2.05) is 38.1 Å². The molecule has 5 nitrogen and oxygen atoms in total. The van der Waals surface area contributed by atoms with Crippen LogP contribution in [0.25, 0.3) is 22.0 Å². The zero-order valence-electron chi connectivity index (χ0n) is 14.7. The Morgan fingerprint density at radius 1 is 1.31 bits per heavy atom. The monoisotopic (exact) mass is 366 g/mol. The van der Waals surface area contributed by atoms with Gasteiger partial charge in [-0.3, -0.25) is 4.79 Å². The number of fused-ring (bicyclic) bond motifs is 2. The van der Waals surface area contributed by atoms with Crippen LogP contribution in [0.5, 0.6) is 0 Å². The van der Waals surface area contributed by atoms with E-state index in [4.69, 9.17) is 22.3 Å². The lowest BCUT2D eigenvalue weighted by Crippen LogP contribution is -2.24. The number of aryl methyl sites for hydroxylation is 1. The minimum atomic E-state index is -0.0330. The van der Waals surface area contributed by atoms with Crippen molar-refractivity contribution in [1.29, 1.82) is 0 Å². The summed E-state index contributed by atoms with van der Waals surface area (Å²) in [5.74, 6) is -0.0330. The number of benzene rings is 1. The molecule has 132 valence electrons. The number of nitrogen functional groups attached to an aromatic ring is 1. The number of carbonyl (C=O) groups excluding carboxylic acids is 1. The summed E-state index contributed by atoms with van der Waals surface area (Å²) in [7, 11) is 0. The average Bonchev–Trinajstić information content (AvgIpc) is 2.93. The molecule has 1 amide bonds. The number of hydrogen-bond donors (Lipinski definition) is 1. The number of carbonyl (C=O) groups is 1. The number of halogens is 1. The number of nitrogens with two attached hydrogens (primary N) is 1. The molecule has 4 rings (SSSR count). The first-order valence-corrected chi connectivity index (χ1v) is 9.02. The molecule has 0 radical (unpaired) electrons. The lowest BCUT2D eigenvalue weighted by molar-refractivity contribution is 0.0779. The van der Waals surface area contributed by atoms with Crippen molar-refractivity contribution >= 4 is 34.1 Å². The van der Waals surface area contributed by atoms with E-state index in [2.05, 4.69) is 4.98 Å². The van der Waals surface area contributed by atoms with Gasteiger partial charge >= 0.3 is 0 Å². The Kier molecular flexibility index (Phi) is 4.04. The number of anilines is 1. The molecule has 0 saturated heterocycles. The van der Waals surface area contributed by atoms with Gasteiger partial charge in [0.25, 0.3) is 5.91 Å². The van der Waals surface area contributed by atoms with Gasteiger partial charge in [-0.1, -0.05) is 36.7 Å². The Balaban J connectivity index is 1.97. The number of pyridine rings is 2. The van der Waals surface area contributed by atoms with Crippen LogP contribution in [0.15, 0.2) is 30.5 Å². The Morgan fingerprint density at radius 2 is 2.12 bits per heavy atom. The smallest absolute Gasteiger partial charge is 0.258 e. The van der Waals surface area contributed by atoms with Crippen LogP contribution in [-0.4, -0.2) is 27.3 Å². The molecule has 2 aromatic heterocycles. The van der Waals surface area contributed by atoms with Gasteiger partial charge in [0.15, 0.2) is 0 Å². The van der Waals surface area contributed by atoms with Crippen LogP contribution >= 0.6 is 11.6 Å². The first-order chi connectivity index (χ1) is 12.5. The molecule has 0 aliphatic carbocycles. The zero-order valence-corrected chi connectivity index (χ0v) is 15.5. The Morgan fingerprint density at radius 3 is 2.88 bits per heavy atom. The fraction of sp³-hybridized carbons (Fsp3) is 0.250. The molecule has 0 spiro atoms. The first kappa shape index (κ1) is 16.8. The maximum Gasteiger partial charge on any atom is 0.258 e. The van der Waals surface area contributed by atoms with Gasteiger partial charge in [0.1, 0.15) is 5.15 Å². The van der Waals surface area contributed by atoms with Crippen LogP contribution in [0.3, 0.4) is 0 Å².